The quantitative estimate of drug-likeness (QED) is 0.855. The van der Waals surface area contributed by atoms with Crippen LogP contribution in [0.25, 0.3) is 0 Å². The third kappa shape index (κ3) is 3.53. The number of aliphatic hydroxyl groups is 1. The van der Waals surface area contributed by atoms with Crippen LogP contribution in [-0.4, -0.2) is 32.0 Å². The van der Waals surface area contributed by atoms with Crippen molar-refractivity contribution in [3.05, 3.63) is 17.7 Å². The van der Waals surface area contributed by atoms with Crippen LogP contribution in [0.1, 0.15) is 19.4 Å². The number of methoxy groups -OCH3 is 3. The lowest BCUT2D eigenvalue weighted by atomic mass is 9.98. The molecule has 4 nitrogen and oxygen atoms in total. The van der Waals surface area contributed by atoms with Crippen LogP contribution in [0.2, 0.25) is 0 Å². The summed E-state index contributed by atoms with van der Waals surface area (Å²) in [5.41, 5.74) is 0.164. The molecule has 0 heterocycles. The molecule has 1 aromatic rings. The summed E-state index contributed by atoms with van der Waals surface area (Å²) >= 11 is 0. The molecule has 0 aliphatic carbocycles. The van der Waals surface area contributed by atoms with Crippen molar-refractivity contribution in [2.45, 2.75) is 25.9 Å². The summed E-state index contributed by atoms with van der Waals surface area (Å²) in [6.07, 6.45) is 0.518. The summed E-state index contributed by atoms with van der Waals surface area (Å²) in [6.45, 7) is 3.52. The standard InChI is InChI=1S/C13H20O4/c1-13(2,14)8-9-6-10(15-3)12(17-5)11(7-9)16-4/h6-7,14H,8H2,1-5H3. The van der Waals surface area contributed by atoms with Gasteiger partial charge in [0.2, 0.25) is 5.75 Å². The van der Waals surface area contributed by atoms with E-state index in [0.29, 0.717) is 23.7 Å². The van der Waals surface area contributed by atoms with Crippen molar-refractivity contribution in [2.24, 2.45) is 0 Å². The Morgan fingerprint density at radius 3 is 1.76 bits per heavy atom. The zero-order valence-corrected chi connectivity index (χ0v) is 11.0. The Kier molecular flexibility index (Phi) is 4.23. The van der Waals surface area contributed by atoms with Crippen LogP contribution in [0, 0.1) is 0 Å². The first-order valence-corrected chi connectivity index (χ1v) is 5.42. The Morgan fingerprint density at radius 2 is 1.47 bits per heavy atom. The van der Waals surface area contributed by atoms with Crippen LogP contribution in [0.5, 0.6) is 17.2 Å². The first-order chi connectivity index (χ1) is 7.91. The lowest BCUT2D eigenvalue weighted by Gasteiger charge is -2.19. The number of rotatable bonds is 5. The third-order valence-corrected chi connectivity index (χ3v) is 2.36. The largest absolute Gasteiger partial charge is 0.493 e. The van der Waals surface area contributed by atoms with E-state index in [-0.39, 0.29) is 0 Å². The van der Waals surface area contributed by atoms with Gasteiger partial charge < -0.3 is 19.3 Å². The molecule has 0 spiro atoms. The highest BCUT2D eigenvalue weighted by molar-refractivity contribution is 5.54. The summed E-state index contributed by atoms with van der Waals surface area (Å²) < 4.78 is 15.7. The molecular formula is C13H20O4. The van der Waals surface area contributed by atoms with Gasteiger partial charge in [-0.2, -0.15) is 0 Å². The van der Waals surface area contributed by atoms with E-state index in [2.05, 4.69) is 0 Å². The van der Waals surface area contributed by atoms with Crippen molar-refractivity contribution in [1.82, 2.24) is 0 Å². The summed E-state index contributed by atoms with van der Waals surface area (Å²) in [5, 5.41) is 9.81. The average molecular weight is 240 g/mol. The molecule has 0 saturated carbocycles. The Balaban J connectivity index is 3.18. The summed E-state index contributed by atoms with van der Waals surface area (Å²) in [6, 6.07) is 3.69. The predicted octanol–water partition coefficient (Wildman–Crippen LogP) is 2.03. The van der Waals surface area contributed by atoms with E-state index in [1.807, 2.05) is 12.1 Å². The molecule has 1 N–H and O–H groups in total. The first kappa shape index (κ1) is 13.6. The van der Waals surface area contributed by atoms with Crippen LogP contribution in [0.4, 0.5) is 0 Å². The lowest BCUT2D eigenvalue weighted by molar-refractivity contribution is 0.0809. The highest BCUT2D eigenvalue weighted by Crippen LogP contribution is 2.38. The van der Waals surface area contributed by atoms with Crippen LogP contribution < -0.4 is 14.2 Å². The molecule has 0 unspecified atom stereocenters. The smallest absolute Gasteiger partial charge is 0.203 e. The van der Waals surface area contributed by atoms with Crippen LogP contribution in [-0.2, 0) is 6.42 Å². The topological polar surface area (TPSA) is 47.9 Å². The van der Waals surface area contributed by atoms with Gasteiger partial charge in [0.1, 0.15) is 0 Å². The third-order valence-electron chi connectivity index (χ3n) is 2.36. The maximum Gasteiger partial charge on any atom is 0.203 e. The van der Waals surface area contributed by atoms with Crippen molar-refractivity contribution in [2.75, 3.05) is 21.3 Å². The van der Waals surface area contributed by atoms with Crippen molar-refractivity contribution in [3.63, 3.8) is 0 Å². The van der Waals surface area contributed by atoms with Crippen LogP contribution in [0.3, 0.4) is 0 Å². The minimum absolute atomic E-state index is 0.518. The molecule has 0 atom stereocenters. The van der Waals surface area contributed by atoms with Gasteiger partial charge in [-0.1, -0.05) is 0 Å². The fourth-order valence-electron chi connectivity index (χ4n) is 1.74. The van der Waals surface area contributed by atoms with Gasteiger partial charge in [0, 0.05) is 6.42 Å². The van der Waals surface area contributed by atoms with Gasteiger partial charge >= 0.3 is 0 Å². The summed E-state index contributed by atoms with van der Waals surface area (Å²) in [4.78, 5) is 0. The van der Waals surface area contributed by atoms with E-state index in [9.17, 15) is 5.11 Å². The molecule has 0 amide bonds. The van der Waals surface area contributed by atoms with E-state index in [1.54, 1.807) is 35.2 Å². The van der Waals surface area contributed by atoms with E-state index in [1.165, 1.54) is 0 Å². The molecule has 17 heavy (non-hydrogen) atoms. The zero-order valence-electron chi connectivity index (χ0n) is 11.0. The molecule has 0 aliphatic rings. The molecule has 96 valence electrons. The van der Waals surface area contributed by atoms with Crippen molar-refractivity contribution in [1.29, 1.82) is 0 Å². The van der Waals surface area contributed by atoms with Gasteiger partial charge in [0.25, 0.3) is 0 Å². The lowest BCUT2D eigenvalue weighted by Crippen LogP contribution is -2.21. The van der Waals surface area contributed by atoms with Crippen LogP contribution in [0.15, 0.2) is 12.1 Å². The molecule has 0 fully saturated rings. The Labute approximate surface area is 102 Å². The SMILES string of the molecule is COc1cc(CC(C)(C)O)cc(OC)c1OC. The Bertz CT molecular complexity index is 354. The molecule has 4 heteroatoms. The Morgan fingerprint density at radius 1 is 1.00 bits per heavy atom. The van der Waals surface area contributed by atoms with Crippen molar-refractivity contribution >= 4 is 0 Å². The second-order valence-corrected chi connectivity index (χ2v) is 4.52. The van der Waals surface area contributed by atoms with Gasteiger partial charge in [-0.05, 0) is 31.5 Å². The molecule has 1 aromatic carbocycles. The molecule has 0 aromatic heterocycles. The average Bonchev–Trinajstić information content (AvgIpc) is 2.25. The summed E-state index contributed by atoms with van der Waals surface area (Å²) in [7, 11) is 4.71. The van der Waals surface area contributed by atoms with Gasteiger partial charge in [0.15, 0.2) is 11.5 Å². The van der Waals surface area contributed by atoms with Gasteiger partial charge in [-0.15, -0.1) is 0 Å². The van der Waals surface area contributed by atoms with Crippen molar-refractivity contribution < 1.29 is 19.3 Å². The molecule has 0 saturated heterocycles. The zero-order chi connectivity index (χ0) is 13.1. The number of benzene rings is 1. The Hall–Kier alpha value is -1.42. The van der Waals surface area contributed by atoms with E-state index in [4.69, 9.17) is 14.2 Å². The second-order valence-electron chi connectivity index (χ2n) is 4.52. The molecule has 1 rings (SSSR count). The van der Waals surface area contributed by atoms with Gasteiger partial charge in [0.05, 0.1) is 26.9 Å². The summed E-state index contributed by atoms with van der Waals surface area (Å²) in [5.74, 6) is 1.77. The van der Waals surface area contributed by atoms with Gasteiger partial charge in [-0.25, -0.2) is 0 Å². The highest BCUT2D eigenvalue weighted by atomic mass is 16.5. The maximum absolute atomic E-state index is 9.81. The molecular weight excluding hydrogens is 220 g/mol. The minimum Gasteiger partial charge on any atom is -0.493 e. The number of hydrogen-bond donors (Lipinski definition) is 1. The van der Waals surface area contributed by atoms with Crippen LogP contribution >= 0.6 is 0 Å². The fourth-order valence-corrected chi connectivity index (χ4v) is 1.74. The fraction of sp³-hybridized carbons (Fsp3) is 0.538. The first-order valence-electron chi connectivity index (χ1n) is 5.42. The highest BCUT2D eigenvalue weighted by Gasteiger charge is 2.18. The van der Waals surface area contributed by atoms with E-state index >= 15 is 0 Å². The van der Waals surface area contributed by atoms with Gasteiger partial charge in [-0.3, -0.25) is 0 Å². The molecule has 0 radical (unpaired) electrons. The van der Waals surface area contributed by atoms with E-state index < -0.39 is 5.60 Å². The number of hydrogen-bond acceptors (Lipinski definition) is 4. The maximum atomic E-state index is 9.81. The van der Waals surface area contributed by atoms with Crippen molar-refractivity contribution in [3.8, 4) is 17.2 Å². The normalized spacial score (nSPS) is 11.2. The molecule has 0 aliphatic heterocycles. The monoisotopic (exact) mass is 240 g/mol. The molecule has 0 bridgehead atoms. The number of ether oxygens (including phenoxy) is 3. The minimum atomic E-state index is -0.773. The second kappa shape index (κ2) is 5.27. The predicted molar refractivity (Wildman–Crippen MR) is 66.1 cm³/mol. The van der Waals surface area contributed by atoms with E-state index in [0.717, 1.165) is 5.56 Å².